The summed E-state index contributed by atoms with van der Waals surface area (Å²) in [6.07, 6.45) is 5.66. The molecule has 0 aromatic heterocycles. The molecule has 25 heavy (non-hydrogen) atoms. The Bertz CT molecular complexity index is 640. The number of methoxy groups -OCH3 is 2. The first-order valence-electron chi connectivity index (χ1n) is 9.45. The van der Waals surface area contributed by atoms with E-state index in [1.54, 1.807) is 14.2 Å². The second-order valence-corrected chi connectivity index (χ2v) is 7.61. The molecule has 1 aromatic rings. The van der Waals surface area contributed by atoms with Crippen molar-refractivity contribution in [3.05, 3.63) is 23.8 Å². The van der Waals surface area contributed by atoms with Crippen LogP contribution < -0.4 is 9.47 Å². The van der Waals surface area contributed by atoms with Gasteiger partial charge in [-0.3, -0.25) is 9.69 Å². The van der Waals surface area contributed by atoms with Crippen LogP contribution in [0.25, 0.3) is 0 Å². The van der Waals surface area contributed by atoms with E-state index in [1.165, 1.54) is 25.7 Å². The van der Waals surface area contributed by atoms with Crippen LogP contribution in [0.4, 0.5) is 0 Å². The third kappa shape index (κ3) is 2.99. The predicted octanol–water partition coefficient (Wildman–Crippen LogP) is 2.65. The minimum atomic E-state index is 0.0448. The largest absolute Gasteiger partial charge is 0.493 e. The van der Waals surface area contributed by atoms with Gasteiger partial charge in [-0.25, -0.2) is 0 Å². The molecule has 0 spiro atoms. The maximum Gasteiger partial charge on any atom is 0.257 e. The van der Waals surface area contributed by atoms with Gasteiger partial charge in [-0.15, -0.1) is 0 Å². The molecule has 5 nitrogen and oxygen atoms in total. The highest BCUT2D eigenvalue weighted by Gasteiger charge is 2.43. The van der Waals surface area contributed by atoms with Crippen LogP contribution in [0.15, 0.2) is 18.2 Å². The van der Waals surface area contributed by atoms with Crippen LogP contribution in [-0.2, 0) is 0 Å². The summed E-state index contributed by atoms with van der Waals surface area (Å²) in [6.45, 7) is 3.58. The smallest absolute Gasteiger partial charge is 0.257 e. The Morgan fingerprint density at radius 2 is 1.84 bits per heavy atom. The molecule has 4 rings (SSSR count). The van der Waals surface area contributed by atoms with Gasteiger partial charge in [0, 0.05) is 32.2 Å². The molecule has 2 bridgehead atoms. The lowest BCUT2D eigenvalue weighted by Crippen LogP contribution is -2.53. The first-order valence-corrected chi connectivity index (χ1v) is 9.45. The van der Waals surface area contributed by atoms with Gasteiger partial charge in [0.05, 0.1) is 19.8 Å². The maximum atomic E-state index is 13.0. The SMILES string of the molecule is COc1cccc(C(=O)N2CCN([C@H]3C[C@H]4CC[C@@H]3C4)CC2)c1OC. The zero-order valence-electron chi connectivity index (χ0n) is 15.2. The molecule has 3 aliphatic rings. The minimum absolute atomic E-state index is 0.0448. The van der Waals surface area contributed by atoms with Gasteiger partial charge in [0.25, 0.3) is 5.91 Å². The summed E-state index contributed by atoms with van der Waals surface area (Å²) >= 11 is 0. The molecule has 2 saturated carbocycles. The van der Waals surface area contributed by atoms with Crippen LogP contribution in [0.1, 0.15) is 36.0 Å². The summed E-state index contributed by atoms with van der Waals surface area (Å²) < 4.78 is 10.8. The standard InChI is InChI=1S/C20H28N2O3/c1-24-18-5-3-4-16(19(18)25-2)20(23)22-10-8-21(9-11-22)17-13-14-6-7-15(17)12-14/h3-5,14-15,17H,6-13H2,1-2H3/t14-,15+,17-/m0/s1. The number of ether oxygens (including phenoxy) is 2. The monoisotopic (exact) mass is 344 g/mol. The van der Waals surface area contributed by atoms with E-state index in [4.69, 9.17) is 9.47 Å². The van der Waals surface area contributed by atoms with Crippen molar-refractivity contribution in [2.24, 2.45) is 11.8 Å². The Morgan fingerprint density at radius 3 is 2.44 bits per heavy atom. The number of para-hydroxylation sites is 1. The highest BCUT2D eigenvalue weighted by Crippen LogP contribution is 2.46. The summed E-state index contributed by atoms with van der Waals surface area (Å²) in [5, 5.41) is 0. The van der Waals surface area contributed by atoms with Crippen molar-refractivity contribution in [3.63, 3.8) is 0 Å². The fourth-order valence-corrected chi connectivity index (χ4v) is 5.14. The number of nitrogens with zero attached hydrogens (tertiary/aromatic N) is 2. The lowest BCUT2D eigenvalue weighted by Gasteiger charge is -2.41. The lowest BCUT2D eigenvalue weighted by molar-refractivity contribution is 0.0493. The molecule has 136 valence electrons. The summed E-state index contributed by atoms with van der Waals surface area (Å²) in [5.41, 5.74) is 0.593. The molecule has 0 N–H and O–H groups in total. The fraction of sp³-hybridized carbons (Fsp3) is 0.650. The Hall–Kier alpha value is -1.75. The summed E-state index contributed by atoms with van der Waals surface area (Å²) in [7, 11) is 3.18. The molecular formula is C20H28N2O3. The zero-order chi connectivity index (χ0) is 17.4. The van der Waals surface area contributed by atoms with Gasteiger partial charge in [-0.2, -0.15) is 0 Å². The van der Waals surface area contributed by atoms with Gasteiger partial charge in [-0.1, -0.05) is 12.5 Å². The van der Waals surface area contributed by atoms with Gasteiger partial charge in [-0.05, 0) is 43.2 Å². The van der Waals surface area contributed by atoms with Gasteiger partial charge in [0.1, 0.15) is 0 Å². The Labute approximate surface area is 149 Å². The van der Waals surface area contributed by atoms with Gasteiger partial charge in [0.15, 0.2) is 11.5 Å². The third-order valence-corrected chi connectivity index (χ3v) is 6.40. The van der Waals surface area contributed by atoms with Crippen LogP contribution in [-0.4, -0.2) is 62.1 Å². The van der Waals surface area contributed by atoms with Crippen LogP contribution >= 0.6 is 0 Å². The number of piperazine rings is 1. The first kappa shape index (κ1) is 16.7. The predicted molar refractivity (Wildman–Crippen MR) is 96.3 cm³/mol. The van der Waals surface area contributed by atoms with E-state index in [1.807, 2.05) is 23.1 Å². The normalized spacial score (nSPS) is 29.0. The van der Waals surface area contributed by atoms with E-state index in [0.29, 0.717) is 17.1 Å². The fourth-order valence-electron chi connectivity index (χ4n) is 5.14. The quantitative estimate of drug-likeness (QED) is 0.842. The minimum Gasteiger partial charge on any atom is -0.493 e. The van der Waals surface area contributed by atoms with Crippen molar-refractivity contribution in [1.82, 2.24) is 9.80 Å². The molecule has 2 aliphatic carbocycles. The second-order valence-electron chi connectivity index (χ2n) is 7.61. The van der Waals surface area contributed by atoms with Gasteiger partial charge < -0.3 is 14.4 Å². The Kier molecular flexibility index (Phi) is 4.59. The molecule has 1 amide bonds. The van der Waals surface area contributed by atoms with Crippen molar-refractivity contribution < 1.29 is 14.3 Å². The number of hydrogen-bond acceptors (Lipinski definition) is 4. The zero-order valence-corrected chi connectivity index (χ0v) is 15.2. The van der Waals surface area contributed by atoms with Crippen LogP contribution in [0.3, 0.4) is 0 Å². The molecule has 1 heterocycles. The second kappa shape index (κ2) is 6.87. The van der Waals surface area contributed by atoms with Crippen LogP contribution in [0.2, 0.25) is 0 Å². The first-order chi connectivity index (χ1) is 12.2. The van der Waals surface area contributed by atoms with E-state index >= 15 is 0 Å². The molecule has 0 radical (unpaired) electrons. The summed E-state index contributed by atoms with van der Waals surface area (Å²) in [6, 6.07) is 6.26. The number of hydrogen-bond donors (Lipinski definition) is 0. The molecule has 3 fully saturated rings. The highest BCUT2D eigenvalue weighted by molar-refractivity contribution is 5.97. The van der Waals surface area contributed by atoms with Gasteiger partial charge in [0.2, 0.25) is 0 Å². The number of carbonyl (C=O) groups excluding carboxylic acids is 1. The van der Waals surface area contributed by atoms with Crippen molar-refractivity contribution >= 4 is 5.91 Å². The molecule has 3 atom stereocenters. The highest BCUT2D eigenvalue weighted by atomic mass is 16.5. The van der Waals surface area contributed by atoms with E-state index in [0.717, 1.165) is 44.1 Å². The topological polar surface area (TPSA) is 42.0 Å². The Balaban J connectivity index is 1.42. The van der Waals surface area contributed by atoms with Crippen LogP contribution in [0.5, 0.6) is 11.5 Å². The molecule has 1 aliphatic heterocycles. The maximum absolute atomic E-state index is 13.0. The Morgan fingerprint density at radius 1 is 1.04 bits per heavy atom. The molecule has 0 unspecified atom stereocenters. The molecular weight excluding hydrogens is 316 g/mol. The van der Waals surface area contributed by atoms with Crippen molar-refractivity contribution in [2.75, 3.05) is 40.4 Å². The van der Waals surface area contributed by atoms with Gasteiger partial charge >= 0.3 is 0 Å². The van der Waals surface area contributed by atoms with Crippen molar-refractivity contribution in [2.45, 2.75) is 31.7 Å². The van der Waals surface area contributed by atoms with Crippen molar-refractivity contribution in [1.29, 1.82) is 0 Å². The van der Waals surface area contributed by atoms with Crippen LogP contribution in [0, 0.1) is 11.8 Å². The third-order valence-electron chi connectivity index (χ3n) is 6.40. The van der Waals surface area contributed by atoms with E-state index in [-0.39, 0.29) is 5.91 Å². The summed E-state index contributed by atoms with van der Waals surface area (Å²) in [4.78, 5) is 17.6. The van der Waals surface area contributed by atoms with E-state index < -0.39 is 0 Å². The van der Waals surface area contributed by atoms with E-state index in [2.05, 4.69) is 4.90 Å². The molecule has 1 saturated heterocycles. The lowest BCUT2D eigenvalue weighted by atomic mass is 9.93. The summed E-state index contributed by atoms with van der Waals surface area (Å²) in [5.74, 6) is 3.06. The van der Waals surface area contributed by atoms with Crippen molar-refractivity contribution in [3.8, 4) is 11.5 Å². The number of carbonyl (C=O) groups is 1. The number of fused-ring (bicyclic) bond motifs is 2. The van der Waals surface area contributed by atoms with E-state index in [9.17, 15) is 4.79 Å². The average Bonchev–Trinajstić information content (AvgIpc) is 3.30. The molecule has 5 heteroatoms. The number of benzene rings is 1. The molecule has 1 aromatic carbocycles. The average molecular weight is 344 g/mol. The number of amides is 1. The number of rotatable bonds is 4.